The number of carbonyl (C=O) groups is 1. The molecule has 152 valence electrons. The van der Waals surface area contributed by atoms with Gasteiger partial charge >= 0.3 is 0 Å². The fraction of sp³-hybridized carbons (Fsp3) is 0.565. The average Bonchev–Trinajstić information content (AvgIpc) is 3.01. The highest BCUT2D eigenvalue weighted by molar-refractivity contribution is 5.78. The first-order valence-corrected chi connectivity index (χ1v) is 10.4. The van der Waals surface area contributed by atoms with E-state index in [1.54, 1.807) is 0 Å². The highest BCUT2D eigenvalue weighted by Crippen LogP contribution is 2.23. The van der Waals surface area contributed by atoms with E-state index < -0.39 is 0 Å². The quantitative estimate of drug-likeness (QED) is 0.785. The Balaban J connectivity index is 1.48. The number of aryl methyl sites for hydroxylation is 2. The number of amides is 1. The predicted molar refractivity (Wildman–Crippen MR) is 112 cm³/mol. The van der Waals surface area contributed by atoms with Crippen molar-refractivity contribution in [2.45, 2.75) is 47.0 Å². The Hall–Kier alpha value is -2.14. The van der Waals surface area contributed by atoms with Gasteiger partial charge in [-0.25, -0.2) is 4.98 Å². The molecule has 1 aromatic carbocycles. The van der Waals surface area contributed by atoms with Crippen LogP contribution in [-0.4, -0.2) is 42.0 Å². The summed E-state index contributed by atoms with van der Waals surface area (Å²) in [4.78, 5) is 19.5. The Kier molecular flexibility index (Phi) is 6.89. The molecular weight excluding hydrogens is 350 g/mol. The number of piperidine rings is 1. The molecule has 1 amide bonds. The lowest BCUT2D eigenvalue weighted by Gasteiger charge is -2.33. The first-order valence-electron chi connectivity index (χ1n) is 10.4. The highest BCUT2D eigenvalue weighted by Gasteiger charge is 2.21. The third kappa shape index (κ3) is 5.68. The third-order valence-electron chi connectivity index (χ3n) is 5.40. The number of oxazole rings is 1. The van der Waals surface area contributed by atoms with Crippen LogP contribution in [0.25, 0.3) is 11.5 Å². The minimum absolute atomic E-state index is 0.0248. The van der Waals surface area contributed by atoms with Gasteiger partial charge in [-0.15, -0.1) is 0 Å². The standard InChI is InChI=1S/C23H33N3O2/c1-16(2)15-26-10-8-19(9-11-26)14-24-22(27)13-21-18(4)28-23(25-21)20-7-5-6-17(3)12-20/h5-7,12,16,19H,8-11,13-15H2,1-4H3,(H,24,27). The molecule has 28 heavy (non-hydrogen) atoms. The van der Waals surface area contributed by atoms with E-state index >= 15 is 0 Å². The van der Waals surface area contributed by atoms with Gasteiger partial charge in [0.2, 0.25) is 11.8 Å². The van der Waals surface area contributed by atoms with Gasteiger partial charge in [-0.2, -0.15) is 0 Å². The number of nitrogens with one attached hydrogen (secondary N) is 1. The van der Waals surface area contributed by atoms with E-state index in [4.69, 9.17) is 4.42 Å². The lowest BCUT2D eigenvalue weighted by Crippen LogP contribution is -2.40. The van der Waals surface area contributed by atoms with Crippen molar-refractivity contribution < 1.29 is 9.21 Å². The van der Waals surface area contributed by atoms with Crippen LogP contribution in [0.15, 0.2) is 28.7 Å². The molecule has 0 radical (unpaired) electrons. The molecule has 1 aliphatic heterocycles. The molecule has 0 saturated carbocycles. The van der Waals surface area contributed by atoms with Gasteiger partial charge in [0.05, 0.1) is 12.1 Å². The van der Waals surface area contributed by atoms with Crippen molar-refractivity contribution in [2.75, 3.05) is 26.2 Å². The summed E-state index contributed by atoms with van der Waals surface area (Å²) in [7, 11) is 0. The zero-order chi connectivity index (χ0) is 20.1. The van der Waals surface area contributed by atoms with Crippen molar-refractivity contribution in [3.05, 3.63) is 41.3 Å². The number of benzene rings is 1. The number of likely N-dealkylation sites (tertiary alicyclic amines) is 1. The Morgan fingerprint density at radius 2 is 2.04 bits per heavy atom. The van der Waals surface area contributed by atoms with Gasteiger partial charge in [0.25, 0.3) is 0 Å². The van der Waals surface area contributed by atoms with Gasteiger partial charge in [-0.1, -0.05) is 31.5 Å². The summed E-state index contributed by atoms with van der Waals surface area (Å²) in [6.45, 7) is 12.7. The zero-order valence-corrected chi connectivity index (χ0v) is 17.6. The summed E-state index contributed by atoms with van der Waals surface area (Å²) >= 11 is 0. The number of hydrogen-bond donors (Lipinski definition) is 1. The van der Waals surface area contributed by atoms with Gasteiger partial charge in [0.15, 0.2) is 0 Å². The minimum Gasteiger partial charge on any atom is -0.441 e. The van der Waals surface area contributed by atoms with Gasteiger partial charge in [0.1, 0.15) is 5.76 Å². The van der Waals surface area contributed by atoms with Crippen molar-refractivity contribution in [1.82, 2.24) is 15.2 Å². The summed E-state index contributed by atoms with van der Waals surface area (Å²) in [5, 5.41) is 3.10. The number of rotatable bonds is 7. The molecule has 1 aromatic heterocycles. The second-order valence-corrected chi connectivity index (χ2v) is 8.51. The molecule has 3 rings (SSSR count). The van der Waals surface area contributed by atoms with Crippen molar-refractivity contribution in [2.24, 2.45) is 11.8 Å². The molecular formula is C23H33N3O2. The lowest BCUT2D eigenvalue weighted by molar-refractivity contribution is -0.120. The third-order valence-corrected chi connectivity index (χ3v) is 5.40. The van der Waals surface area contributed by atoms with Crippen LogP contribution in [0.5, 0.6) is 0 Å². The summed E-state index contributed by atoms with van der Waals surface area (Å²) in [6, 6.07) is 8.05. The molecule has 1 N–H and O–H groups in total. The maximum Gasteiger partial charge on any atom is 0.226 e. The number of nitrogens with zero attached hydrogens (tertiary/aromatic N) is 2. The SMILES string of the molecule is Cc1cccc(-c2nc(CC(=O)NCC3CCN(CC(C)C)CC3)c(C)o2)c1. The van der Waals surface area contributed by atoms with Crippen LogP contribution in [-0.2, 0) is 11.2 Å². The molecule has 0 unspecified atom stereocenters. The molecule has 5 heteroatoms. The summed E-state index contributed by atoms with van der Waals surface area (Å²) in [5.41, 5.74) is 2.83. The second-order valence-electron chi connectivity index (χ2n) is 8.51. The van der Waals surface area contributed by atoms with Gasteiger partial charge in [-0.3, -0.25) is 4.79 Å². The predicted octanol–water partition coefficient (Wildman–Crippen LogP) is 3.99. The fourth-order valence-corrected chi connectivity index (χ4v) is 3.86. The molecule has 1 aliphatic rings. The van der Waals surface area contributed by atoms with Gasteiger partial charge in [0, 0.05) is 18.7 Å². The monoisotopic (exact) mass is 383 g/mol. The first kappa shape index (κ1) is 20.6. The normalized spacial score (nSPS) is 15.9. The van der Waals surface area contributed by atoms with E-state index in [0.717, 1.165) is 49.3 Å². The van der Waals surface area contributed by atoms with Crippen LogP contribution >= 0.6 is 0 Å². The Morgan fingerprint density at radius 3 is 2.71 bits per heavy atom. The van der Waals surface area contributed by atoms with Crippen LogP contribution in [0.1, 0.15) is 43.7 Å². The Morgan fingerprint density at radius 1 is 1.29 bits per heavy atom. The fourth-order valence-electron chi connectivity index (χ4n) is 3.86. The maximum absolute atomic E-state index is 12.4. The van der Waals surface area contributed by atoms with Gasteiger partial charge < -0.3 is 14.6 Å². The Labute approximate surface area is 168 Å². The van der Waals surface area contributed by atoms with Crippen molar-refractivity contribution >= 4 is 5.91 Å². The van der Waals surface area contributed by atoms with Crippen LogP contribution in [0.3, 0.4) is 0 Å². The average molecular weight is 384 g/mol. The van der Waals surface area contributed by atoms with E-state index in [9.17, 15) is 4.79 Å². The van der Waals surface area contributed by atoms with E-state index in [1.165, 1.54) is 6.54 Å². The van der Waals surface area contributed by atoms with E-state index in [2.05, 4.69) is 29.0 Å². The number of carbonyl (C=O) groups excluding carboxylic acids is 1. The molecule has 0 atom stereocenters. The number of aromatic nitrogens is 1. The second kappa shape index (κ2) is 9.37. The van der Waals surface area contributed by atoms with E-state index in [-0.39, 0.29) is 12.3 Å². The molecule has 5 nitrogen and oxygen atoms in total. The van der Waals surface area contributed by atoms with E-state index in [1.807, 2.05) is 38.1 Å². The smallest absolute Gasteiger partial charge is 0.226 e. The molecule has 2 aromatic rings. The minimum atomic E-state index is 0.0248. The summed E-state index contributed by atoms with van der Waals surface area (Å²) in [6.07, 6.45) is 2.59. The topological polar surface area (TPSA) is 58.4 Å². The molecule has 0 bridgehead atoms. The molecule has 0 aliphatic carbocycles. The Bertz CT molecular complexity index is 789. The lowest BCUT2D eigenvalue weighted by atomic mass is 9.96. The summed E-state index contributed by atoms with van der Waals surface area (Å²) < 4.78 is 5.80. The molecule has 2 heterocycles. The van der Waals surface area contributed by atoms with Crippen LogP contribution in [0, 0.1) is 25.7 Å². The first-order chi connectivity index (χ1) is 13.4. The van der Waals surface area contributed by atoms with Crippen molar-refractivity contribution in [1.29, 1.82) is 0 Å². The molecule has 1 fully saturated rings. The largest absolute Gasteiger partial charge is 0.441 e. The van der Waals surface area contributed by atoms with E-state index in [0.29, 0.717) is 23.5 Å². The van der Waals surface area contributed by atoms with Crippen LogP contribution in [0.2, 0.25) is 0 Å². The maximum atomic E-state index is 12.4. The van der Waals surface area contributed by atoms with Crippen LogP contribution < -0.4 is 5.32 Å². The zero-order valence-electron chi connectivity index (χ0n) is 17.6. The number of hydrogen-bond acceptors (Lipinski definition) is 4. The van der Waals surface area contributed by atoms with Crippen molar-refractivity contribution in [3.8, 4) is 11.5 Å². The summed E-state index contributed by atoms with van der Waals surface area (Å²) in [5.74, 6) is 2.62. The highest BCUT2D eigenvalue weighted by atomic mass is 16.4. The van der Waals surface area contributed by atoms with Gasteiger partial charge in [-0.05, 0) is 63.7 Å². The van der Waals surface area contributed by atoms with Crippen molar-refractivity contribution in [3.63, 3.8) is 0 Å². The van der Waals surface area contributed by atoms with Crippen LogP contribution in [0.4, 0.5) is 0 Å². The molecule has 0 spiro atoms. The molecule has 1 saturated heterocycles.